The van der Waals surface area contributed by atoms with Crippen molar-refractivity contribution in [2.45, 2.75) is 31.6 Å². The highest BCUT2D eigenvalue weighted by atomic mass is 32.1. The summed E-state index contributed by atoms with van der Waals surface area (Å²) in [5.41, 5.74) is 16.5. The molecule has 2 aliphatic rings. The lowest BCUT2D eigenvalue weighted by Crippen LogP contribution is -2.22. The molecule has 266 valence electrons. The predicted molar refractivity (Wildman–Crippen MR) is 236 cm³/mol. The molecule has 0 bridgehead atoms. The van der Waals surface area contributed by atoms with Gasteiger partial charge < -0.3 is 9.32 Å². The van der Waals surface area contributed by atoms with Gasteiger partial charge >= 0.3 is 0 Å². The Morgan fingerprint density at radius 3 is 1.80 bits per heavy atom. The van der Waals surface area contributed by atoms with E-state index in [9.17, 15) is 0 Å². The highest BCUT2D eigenvalue weighted by Crippen LogP contribution is 2.56. The second kappa shape index (κ2) is 11.3. The first kappa shape index (κ1) is 31.9. The van der Waals surface area contributed by atoms with Crippen molar-refractivity contribution in [3.05, 3.63) is 198 Å². The Morgan fingerprint density at radius 2 is 1.02 bits per heavy atom. The average molecular weight is 736 g/mol. The van der Waals surface area contributed by atoms with Crippen LogP contribution in [0.4, 0.5) is 17.1 Å². The van der Waals surface area contributed by atoms with Gasteiger partial charge in [0.15, 0.2) is 0 Å². The molecule has 0 saturated carbocycles. The molecule has 3 heteroatoms. The largest absolute Gasteiger partial charge is 0.456 e. The monoisotopic (exact) mass is 735 g/mol. The van der Waals surface area contributed by atoms with Gasteiger partial charge in [-0.2, -0.15) is 0 Å². The summed E-state index contributed by atoms with van der Waals surface area (Å²) in [4.78, 5) is 2.47. The summed E-state index contributed by atoms with van der Waals surface area (Å²) < 4.78 is 9.67. The lowest BCUT2D eigenvalue weighted by atomic mass is 9.74. The fraction of sp³-hybridized carbons (Fsp3) is 0.0943. The van der Waals surface area contributed by atoms with Crippen molar-refractivity contribution in [3.8, 4) is 22.3 Å². The second-order valence-corrected chi connectivity index (χ2v) is 17.2. The maximum Gasteiger partial charge on any atom is 0.139 e. The number of anilines is 3. The summed E-state index contributed by atoms with van der Waals surface area (Å²) in [5.74, 6) is 0. The molecule has 0 spiro atoms. The van der Waals surface area contributed by atoms with Crippen molar-refractivity contribution in [2.24, 2.45) is 0 Å². The van der Waals surface area contributed by atoms with E-state index in [0.29, 0.717) is 0 Å². The van der Waals surface area contributed by atoms with Gasteiger partial charge in [0.2, 0.25) is 0 Å². The van der Waals surface area contributed by atoms with Crippen molar-refractivity contribution in [3.63, 3.8) is 0 Å². The standard InChI is InChI=1S/C53H37NOS/c1-52(2)41-19-8-4-14-34(41)37-28-26-32(30-45(37)52)54(33-27-29-39-38-17-7-11-25-48(38)56-49(39)31-33)46-23-13-24-47-50(46)40-18-12-22-44(51(40)55-47)53(3)42-20-9-5-15-35(42)36-16-6-10-21-43(36)53/h4-31H,1-3H3. The molecule has 10 aromatic rings. The van der Waals surface area contributed by atoms with Gasteiger partial charge in [0.25, 0.3) is 0 Å². The molecular formula is C53H37NOS. The number of benzene rings is 8. The molecule has 0 aliphatic heterocycles. The van der Waals surface area contributed by atoms with E-state index in [1.807, 2.05) is 11.3 Å². The van der Waals surface area contributed by atoms with Crippen LogP contribution in [0.15, 0.2) is 174 Å². The van der Waals surface area contributed by atoms with E-state index in [1.165, 1.54) is 70.2 Å². The first-order chi connectivity index (χ1) is 27.4. The smallest absolute Gasteiger partial charge is 0.139 e. The highest BCUT2D eigenvalue weighted by Gasteiger charge is 2.42. The van der Waals surface area contributed by atoms with Gasteiger partial charge in [-0.3, -0.25) is 0 Å². The zero-order valence-corrected chi connectivity index (χ0v) is 32.2. The van der Waals surface area contributed by atoms with Gasteiger partial charge in [0, 0.05) is 53.3 Å². The van der Waals surface area contributed by atoms with E-state index in [4.69, 9.17) is 4.42 Å². The van der Waals surface area contributed by atoms with E-state index >= 15 is 0 Å². The third kappa shape index (κ3) is 4.16. The molecule has 0 radical (unpaired) electrons. The zero-order chi connectivity index (χ0) is 37.3. The van der Waals surface area contributed by atoms with E-state index in [0.717, 1.165) is 39.0 Å². The molecule has 2 heterocycles. The maximum absolute atomic E-state index is 7.09. The zero-order valence-electron chi connectivity index (χ0n) is 31.4. The topological polar surface area (TPSA) is 16.4 Å². The lowest BCUT2D eigenvalue weighted by Gasteiger charge is -2.29. The van der Waals surface area contributed by atoms with Crippen LogP contribution < -0.4 is 4.90 Å². The van der Waals surface area contributed by atoms with E-state index in [2.05, 4.69) is 196 Å². The number of hydrogen-bond donors (Lipinski definition) is 0. The van der Waals surface area contributed by atoms with E-state index in [-0.39, 0.29) is 10.8 Å². The molecular weight excluding hydrogens is 699 g/mol. The summed E-state index contributed by atoms with van der Waals surface area (Å²) in [6, 6.07) is 62.8. The summed E-state index contributed by atoms with van der Waals surface area (Å²) in [5, 5.41) is 4.84. The minimum absolute atomic E-state index is 0.129. The molecule has 2 nitrogen and oxygen atoms in total. The van der Waals surface area contributed by atoms with Crippen molar-refractivity contribution >= 4 is 70.5 Å². The highest BCUT2D eigenvalue weighted by molar-refractivity contribution is 7.25. The van der Waals surface area contributed by atoms with Gasteiger partial charge in [-0.25, -0.2) is 0 Å². The number of nitrogens with zero attached hydrogens (tertiary/aromatic N) is 1. The van der Waals surface area contributed by atoms with Gasteiger partial charge in [-0.15, -0.1) is 11.3 Å². The van der Waals surface area contributed by atoms with Crippen LogP contribution in [0.25, 0.3) is 64.4 Å². The quantitative estimate of drug-likeness (QED) is 0.179. The van der Waals surface area contributed by atoms with E-state index in [1.54, 1.807) is 0 Å². The van der Waals surface area contributed by atoms with Crippen LogP contribution in [0.3, 0.4) is 0 Å². The van der Waals surface area contributed by atoms with Crippen molar-refractivity contribution < 1.29 is 4.42 Å². The molecule has 2 aromatic heterocycles. The minimum Gasteiger partial charge on any atom is -0.456 e. The summed E-state index contributed by atoms with van der Waals surface area (Å²) >= 11 is 1.86. The number of furan rings is 1. The Balaban J connectivity index is 1.12. The third-order valence-electron chi connectivity index (χ3n) is 12.9. The molecule has 8 aromatic carbocycles. The minimum atomic E-state index is -0.382. The Morgan fingerprint density at radius 1 is 0.446 bits per heavy atom. The van der Waals surface area contributed by atoms with Gasteiger partial charge in [0.1, 0.15) is 11.2 Å². The SMILES string of the molecule is CC1(C)c2ccccc2-c2ccc(N(c3ccc4c(c3)sc3ccccc34)c3cccc4oc5c(C6(C)c7ccccc7-c7ccccc76)cccc5c34)cc21. The fourth-order valence-electron chi connectivity index (χ4n) is 10.3. The molecule has 0 amide bonds. The Kier molecular flexibility index (Phi) is 6.44. The molecule has 0 atom stereocenters. The van der Waals surface area contributed by atoms with E-state index < -0.39 is 0 Å². The Bertz CT molecular complexity index is 3220. The van der Waals surface area contributed by atoms with Crippen LogP contribution in [0.1, 0.15) is 48.6 Å². The van der Waals surface area contributed by atoms with Crippen LogP contribution in [0.5, 0.6) is 0 Å². The molecule has 2 aliphatic carbocycles. The summed E-state index contributed by atoms with van der Waals surface area (Å²) in [6.07, 6.45) is 0. The fourth-order valence-corrected chi connectivity index (χ4v) is 11.4. The molecule has 12 rings (SSSR count). The van der Waals surface area contributed by atoms with Crippen LogP contribution >= 0.6 is 11.3 Å². The Labute approximate surface area is 329 Å². The maximum atomic E-state index is 7.09. The first-order valence-electron chi connectivity index (χ1n) is 19.5. The molecule has 0 fully saturated rings. The molecule has 56 heavy (non-hydrogen) atoms. The number of thiophene rings is 1. The van der Waals surface area contributed by atoms with Crippen LogP contribution in [-0.2, 0) is 10.8 Å². The number of fused-ring (bicyclic) bond motifs is 12. The summed E-state index contributed by atoms with van der Waals surface area (Å²) in [6.45, 7) is 7.10. The van der Waals surface area contributed by atoms with Crippen LogP contribution in [-0.4, -0.2) is 0 Å². The lowest BCUT2D eigenvalue weighted by molar-refractivity contribution is 0.638. The average Bonchev–Trinajstić information content (AvgIpc) is 3.94. The van der Waals surface area contributed by atoms with Crippen molar-refractivity contribution in [1.82, 2.24) is 0 Å². The molecule has 0 saturated heterocycles. The van der Waals surface area contributed by atoms with Crippen molar-refractivity contribution in [1.29, 1.82) is 0 Å². The molecule has 0 N–H and O–H groups in total. The van der Waals surface area contributed by atoms with Gasteiger partial charge in [-0.05, 0) is 93.9 Å². The van der Waals surface area contributed by atoms with Gasteiger partial charge in [0.05, 0.1) is 11.1 Å². The number of para-hydroxylation sites is 1. The number of rotatable bonds is 4. The predicted octanol–water partition coefficient (Wildman–Crippen LogP) is 15.1. The summed E-state index contributed by atoms with van der Waals surface area (Å²) in [7, 11) is 0. The second-order valence-electron chi connectivity index (χ2n) is 16.2. The van der Waals surface area contributed by atoms with Crippen LogP contribution in [0, 0.1) is 0 Å². The Hall–Kier alpha value is -6.42. The number of hydrogen-bond acceptors (Lipinski definition) is 3. The van der Waals surface area contributed by atoms with Gasteiger partial charge in [-0.1, -0.05) is 141 Å². The normalized spacial score (nSPS) is 14.6. The van der Waals surface area contributed by atoms with Crippen LogP contribution in [0.2, 0.25) is 0 Å². The molecule has 0 unspecified atom stereocenters. The third-order valence-corrected chi connectivity index (χ3v) is 14.1. The first-order valence-corrected chi connectivity index (χ1v) is 20.3. The van der Waals surface area contributed by atoms with Crippen molar-refractivity contribution in [2.75, 3.05) is 4.90 Å².